The van der Waals surface area contributed by atoms with Crippen LogP contribution in [0.5, 0.6) is 0 Å². The Morgan fingerprint density at radius 3 is 2.31 bits per heavy atom. The van der Waals surface area contributed by atoms with Gasteiger partial charge in [0.05, 0.1) is 5.75 Å². The van der Waals surface area contributed by atoms with Crippen molar-refractivity contribution in [2.24, 2.45) is 17.6 Å². The van der Waals surface area contributed by atoms with Crippen molar-refractivity contribution < 1.29 is 8.42 Å². The molecule has 1 aliphatic rings. The molecule has 0 heterocycles. The van der Waals surface area contributed by atoms with Crippen LogP contribution in [-0.2, 0) is 9.84 Å². The Hall–Kier alpha value is -0.0900. The summed E-state index contributed by atoms with van der Waals surface area (Å²) in [4.78, 5) is 0. The number of nitrogens with two attached hydrogens (primary N) is 1. The lowest BCUT2D eigenvalue weighted by atomic mass is 9.93. The molecule has 1 aliphatic carbocycles. The summed E-state index contributed by atoms with van der Waals surface area (Å²) in [5.41, 5.74) is 5.60. The van der Waals surface area contributed by atoms with Crippen LogP contribution in [0.4, 0.5) is 0 Å². The first-order valence-corrected chi connectivity index (χ1v) is 6.97. The lowest BCUT2D eigenvalue weighted by molar-refractivity contribution is 0.375. The minimum Gasteiger partial charge on any atom is -0.330 e. The lowest BCUT2D eigenvalue weighted by Gasteiger charge is -2.20. The third-order valence-electron chi connectivity index (χ3n) is 2.89. The second-order valence-corrected chi connectivity index (χ2v) is 6.32. The largest absolute Gasteiger partial charge is 0.330 e. The molecule has 1 fully saturated rings. The highest BCUT2D eigenvalue weighted by Crippen LogP contribution is 2.31. The molecule has 0 radical (unpaired) electrons. The van der Waals surface area contributed by atoms with Crippen LogP contribution in [0.1, 0.15) is 25.7 Å². The Labute approximate surface area is 80.6 Å². The molecule has 0 aromatic rings. The SMILES string of the molecule is CS(=O)(=O)C[C@H](CN)C1CCCC1. The zero-order valence-corrected chi connectivity index (χ0v) is 9.02. The van der Waals surface area contributed by atoms with Crippen LogP contribution in [0.15, 0.2) is 0 Å². The summed E-state index contributed by atoms with van der Waals surface area (Å²) >= 11 is 0. The van der Waals surface area contributed by atoms with E-state index in [4.69, 9.17) is 5.73 Å². The molecule has 0 aromatic heterocycles. The molecule has 3 nitrogen and oxygen atoms in total. The molecular formula is C9H19NO2S. The molecule has 2 N–H and O–H groups in total. The minimum absolute atomic E-state index is 0.192. The van der Waals surface area contributed by atoms with Crippen LogP contribution in [0, 0.1) is 11.8 Å². The van der Waals surface area contributed by atoms with Gasteiger partial charge in [0.15, 0.2) is 0 Å². The van der Waals surface area contributed by atoms with Gasteiger partial charge in [0, 0.05) is 6.26 Å². The fraction of sp³-hybridized carbons (Fsp3) is 1.00. The van der Waals surface area contributed by atoms with E-state index >= 15 is 0 Å². The predicted octanol–water partition coefficient (Wildman–Crippen LogP) is 0.796. The maximum atomic E-state index is 11.1. The van der Waals surface area contributed by atoms with Gasteiger partial charge in [-0.15, -0.1) is 0 Å². The van der Waals surface area contributed by atoms with Crippen molar-refractivity contribution >= 4 is 9.84 Å². The number of hydrogen-bond acceptors (Lipinski definition) is 3. The van der Waals surface area contributed by atoms with Gasteiger partial charge in [-0.1, -0.05) is 25.7 Å². The summed E-state index contributed by atoms with van der Waals surface area (Å²) in [5, 5.41) is 0. The van der Waals surface area contributed by atoms with E-state index in [2.05, 4.69) is 0 Å². The first-order chi connectivity index (χ1) is 6.03. The maximum absolute atomic E-state index is 11.1. The van der Waals surface area contributed by atoms with Crippen molar-refractivity contribution in [1.29, 1.82) is 0 Å². The Kier molecular flexibility index (Phi) is 3.74. The second-order valence-electron chi connectivity index (χ2n) is 4.13. The summed E-state index contributed by atoms with van der Waals surface area (Å²) in [6.45, 7) is 0.512. The summed E-state index contributed by atoms with van der Waals surface area (Å²) < 4.78 is 22.2. The summed E-state index contributed by atoms with van der Waals surface area (Å²) in [5.74, 6) is 1.02. The molecule has 13 heavy (non-hydrogen) atoms. The normalized spacial score (nSPS) is 22.0. The van der Waals surface area contributed by atoms with Crippen LogP contribution in [0.3, 0.4) is 0 Å². The summed E-state index contributed by atoms with van der Waals surface area (Å²) in [7, 11) is -2.85. The van der Waals surface area contributed by atoms with Crippen molar-refractivity contribution in [2.45, 2.75) is 25.7 Å². The van der Waals surface area contributed by atoms with Crippen LogP contribution in [-0.4, -0.2) is 27.0 Å². The van der Waals surface area contributed by atoms with E-state index in [1.807, 2.05) is 0 Å². The number of sulfone groups is 1. The molecule has 78 valence electrons. The average Bonchev–Trinajstić information content (AvgIpc) is 2.50. The molecule has 4 heteroatoms. The van der Waals surface area contributed by atoms with Gasteiger partial charge in [-0.25, -0.2) is 8.42 Å². The smallest absolute Gasteiger partial charge is 0.147 e. The van der Waals surface area contributed by atoms with Crippen molar-refractivity contribution in [3.8, 4) is 0 Å². The molecule has 0 aliphatic heterocycles. The molecule has 1 atom stereocenters. The molecule has 0 saturated heterocycles. The first-order valence-electron chi connectivity index (χ1n) is 4.90. The van der Waals surface area contributed by atoms with Crippen molar-refractivity contribution in [3.05, 3.63) is 0 Å². The van der Waals surface area contributed by atoms with Crippen LogP contribution < -0.4 is 5.73 Å². The Morgan fingerprint density at radius 2 is 1.92 bits per heavy atom. The van der Waals surface area contributed by atoms with E-state index in [1.165, 1.54) is 19.1 Å². The Balaban J connectivity index is 2.51. The second kappa shape index (κ2) is 4.42. The van der Waals surface area contributed by atoms with Crippen LogP contribution >= 0.6 is 0 Å². The minimum atomic E-state index is -2.85. The summed E-state index contributed by atoms with van der Waals surface area (Å²) in [6, 6.07) is 0. The third-order valence-corrected chi connectivity index (χ3v) is 3.92. The summed E-state index contributed by atoms with van der Waals surface area (Å²) in [6.07, 6.45) is 6.11. The maximum Gasteiger partial charge on any atom is 0.147 e. The van der Waals surface area contributed by atoms with E-state index in [0.717, 1.165) is 12.8 Å². The van der Waals surface area contributed by atoms with Crippen LogP contribution in [0.25, 0.3) is 0 Å². The van der Waals surface area contributed by atoms with Gasteiger partial charge in [0.1, 0.15) is 9.84 Å². The molecule has 0 amide bonds. The number of rotatable bonds is 4. The highest BCUT2D eigenvalue weighted by Gasteiger charge is 2.26. The van der Waals surface area contributed by atoms with Gasteiger partial charge >= 0.3 is 0 Å². The van der Waals surface area contributed by atoms with Crippen LogP contribution in [0.2, 0.25) is 0 Å². The molecular weight excluding hydrogens is 186 g/mol. The number of hydrogen-bond donors (Lipinski definition) is 1. The van der Waals surface area contributed by atoms with Gasteiger partial charge in [0.25, 0.3) is 0 Å². The first kappa shape index (κ1) is 11.0. The predicted molar refractivity (Wildman–Crippen MR) is 54.2 cm³/mol. The third kappa shape index (κ3) is 3.65. The van der Waals surface area contributed by atoms with Gasteiger partial charge in [-0.3, -0.25) is 0 Å². The van der Waals surface area contributed by atoms with Crippen molar-refractivity contribution in [1.82, 2.24) is 0 Å². The quantitative estimate of drug-likeness (QED) is 0.738. The van der Waals surface area contributed by atoms with E-state index < -0.39 is 9.84 Å². The zero-order chi connectivity index (χ0) is 9.90. The van der Waals surface area contributed by atoms with Gasteiger partial charge < -0.3 is 5.73 Å². The van der Waals surface area contributed by atoms with E-state index in [0.29, 0.717) is 12.5 Å². The Bertz CT molecular complexity index is 242. The zero-order valence-electron chi connectivity index (χ0n) is 8.20. The fourth-order valence-electron chi connectivity index (χ4n) is 2.21. The van der Waals surface area contributed by atoms with Crippen molar-refractivity contribution in [3.63, 3.8) is 0 Å². The van der Waals surface area contributed by atoms with Crippen molar-refractivity contribution in [2.75, 3.05) is 18.6 Å². The van der Waals surface area contributed by atoms with Gasteiger partial charge in [-0.05, 0) is 18.4 Å². The standard InChI is InChI=1S/C9H19NO2S/c1-13(11,12)7-9(6-10)8-4-2-3-5-8/h8-9H,2-7,10H2,1H3/t9-/m0/s1. The highest BCUT2D eigenvalue weighted by atomic mass is 32.2. The van der Waals surface area contributed by atoms with Gasteiger partial charge in [0.2, 0.25) is 0 Å². The molecule has 1 saturated carbocycles. The molecule has 1 rings (SSSR count). The van der Waals surface area contributed by atoms with E-state index in [9.17, 15) is 8.42 Å². The molecule has 0 bridgehead atoms. The molecule has 0 spiro atoms. The highest BCUT2D eigenvalue weighted by molar-refractivity contribution is 7.90. The van der Waals surface area contributed by atoms with Gasteiger partial charge in [-0.2, -0.15) is 0 Å². The fourth-order valence-corrected chi connectivity index (χ4v) is 3.40. The molecule has 0 unspecified atom stereocenters. The van der Waals surface area contributed by atoms with E-state index in [1.54, 1.807) is 0 Å². The topological polar surface area (TPSA) is 60.2 Å². The monoisotopic (exact) mass is 205 g/mol. The Morgan fingerprint density at radius 1 is 1.38 bits per heavy atom. The lowest BCUT2D eigenvalue weighted by Crippen LogP contribution is -2.28. The molecule has 0 aromatic carbocycles. The average molecular weight is 205 g/mol. The van der Waals surface area contributed by atoms with E-state index in [-0.39, 0.29) is 11.7 Å².